The molecule has 0 spiro atoms. The number of amides is 1. The van der Waals surface area contributed by atoms with Crippen LogP contribution >= 0.6 is 0 Å². The minimum absolute atomic E-state index is 0.0239. The van der Waals surface area contributed by atoms with Crippen LogP contribution in [0.15, 0.2) is 39.5 Å². The lowest BCUT2D eigenvalue weighted by atomic mass is 10.2. The molecule has 1 fully saturated rings. The Morgan fingerprint density at radius 1 is 1.16 bits per heavy atom. The molecule has 0 saturated carbocycles. The predicted octanol–water partition coefficient (Wildman–Crippen LogP) is 2.85. The van der Waals surface area contributed by atoms with Crippen LogP contribution in [0.3, 0.4) is 0 Å². The van der Waals surface area contributed by atoms with Gasteiger partial charge in [-0.05, 0) is 32.9 Å². The van der Waals surface area contributed by atoms with Gasteiger partial charge in [0.1, 0.15) is 16.9 Å². The molecule has 25 heavy (non-hydrogen) atoms. The van der Waals surface area contributed by atoms with Crippen molar-refractivity contribution < 1.29 is 13.9 Å². The highest BCUT2D eigenvalue weighted by Crippen LogP contribution is 2.15. The van der Waals surface area contributed by atoms with Crippen LogP contribution in [0.5, 0.6) is 0 Å². The number of benzene rings is 1. The number of nitrogens with zero attached hydrogens (tertiary/aromatic N) is 2. The van der Waals surface area contributed by atoms with E-state index in [0.29, 0.717) is 36.4 Å². The largest absolute Gasteiger partial charge is 0.459 e. The highest BCUT2D eigenvalue weighted by atomic mass is 16.6. The van der Waals surface area contributed by atoms with E-state index in [9.17, 15) is 9.59 Å². The Labute approximate surface area is 147 Å². The number of piperazine rings is 1. The second-order valence-corrected chi connectivity index (χ2v) is 7.32. The van der Waals surface area contributed by atoms with Crippen molar-refractivity contribution >= 4 is 17.1 Å². The van der Waals surface area contributed by atoms with E-state index in [2.05, 4.69) is 4.90 Å². The standard InChI is InChI=1S/C19H24N2O4/c1-19(2,3)25-18(23)21-10-8-20(9-11-21)13-14-12-16(22)15-6-4-5-7-17(15)24-14/h4-7,12H,8-11,13H2,1-3H3. The second-order valence-electron chi connectivity index (χ2n) is 7.32. The normalized spacial score (nSPS) is 16.2. The van der Waals surface area contributed by atoms with Crippen molar-refractivity contribution in [3.8, 4) is 0 Å². The summed E-state index contributed by atoms with van der Waals surface area (Å²) >= 11 is 0. The topological polar surface area (TPSA) is 63.0 Å². The number of hydrogen-bond acceptors (Lipinski definition) is 5. The highest BCUT2D eigenvalue weighted by molar-refractivity contribution is 5.76. The molecular formula is C19H24N2O4. The summed E-state index contributed by atoms with van der Waals surface area (Å²) in [5.41, 5.74) is 0.101. The summed E-state index contributed by atoms with van der Waals surface area (Å²) in [6.45, 7) is 8.79. The minimum Gasteiger partial charge on any atom is -0.459 e. The summed E-state index contributed by atoms with van der Waals surface area (Å²) in [6.07, 6.45) is -0.274. The van der Waals surface area contributed by atoms with Crippen molar-refractivity contribution in [1.29, 1.82) is 0 Å². The zero-order chi connectivity index (χ0) is 18.0. The fourth-order valence-electron chi connectivity index (χ4n) is 2.87. The molecule has 134 valence electrons. The zero-order valence-corrected chi connectivity index (χ0v) is 14.9. The SMILES string of the molecule is CC(C)(C)OC(=O)N1CCN(Cc2cc(=O)c3ccccc3o2)CC1. The molecule has 1 saturated heterocycles. The Hall–Kier alpha value is -2.34. The fraction of sp³-hybridized carbons (Fsp3) is 0.474. The Morgan fingerprint density at radius 3 is 2.52 bits per heavy atom. The van der Waals surface area contributed by atoms with E-state index in [-0.39, 0.29) is 11.5 Å². The van der Waals surface area contributed by atoms with Crippen LogP contribution in [0.25, 0.3) is 11.0 Å². The van der Waals surface area contributed by atoms with Crippen LogP contribution in [0.2, 0.25) is 0 Å². The molecule has 1 aliphatic heterocycles. The van der Waals surface area contributed by atoms with E-state index >= 15 is 0 Å². The molecule has 0 radical (unpaired) electrons. The fourth-order valence-corrected chi connectivity index (χ4v) is 2.87. The average molecular weight is 344 g/mol. The van der Waals surface area contributed by atoms with Crippen molar-refractivity contribution in [3.63, 3.8) is 0 Å². The van der Waals surface area contributed by atoms with E-state index in [4.69, 9.17) is 9.15 Å². The van der Waals surface area contributed by atoms with E-state index in [1.807, 2.05) is 32.9 Å². The monoisotopic (exact) mass is 344 g/mol. The maximum atomic E-state index is 12.2. The van der Waals surface area contributed by atoms with Crippen molar-refractivity contribution in [3.05, 3.63) is 46.3 Å². The molecule has 0 N–H and O–H groups in total. The van der Waals surface area contributed by atoms with Gasteiger partial charge in [0, 0.05) is 32.2 Å². The number of hydrogen-bond donors (Lipinski definition) is 0. The van der Waals surface area contributed by atoms with Crippen LogP contribution in [0.4, 0.5) is 4.79 Å². The van der Waals surface area contributed by atoms with Gasteiger partial charge in [-0.1, -0.05) is 12.1 Å². The molecule has 3 rings (SSSR count). The summed E-state index contributed by atoms with van der Waals surface area (Å²) in [6, 6.07) is 8.82. The number of carbonyl (C=O) groups excluding carboxylic acids is 1. The van der Waals surface area contributed by atoms with Gasteiger partial charge >= 0.3 is 6.09 Å². The first-order chi connectivity index (χ1) is 11.8. The van der Waals surface area contributed by atoms with Crippen LogP contribution in [0, 0.1) is 0 Å². The van der Waals surface area contributed by atoms with Crippen molar-refractivity contribution in [2.24, 2.45) is 0 Å². The summed E-state index contributed by atoms with van der Waals surface area (Å²) in [5, 5.41) is 0.598. The Morgan fingerprint density at radius 2 is 1.84 bits per heavy atom. The van der Waals surface area contributed by atoms with Gasteiger partial charge in [-0.15, -0.1) is 0 Å². The third-order valence-electron chi connectivity index (χ3n) is 4.09. The maximum absolute atomic E-state index is 12.2. The molecule has 0 aliphatic carbocycles. The van der Waals surface area contributed by atoms with Gasteiger partial charge in [0.05, 0.1) is 11.9 Å². The third-order valence-corrected chi connectivity index (χ3v) is 4.09. The number of fused-ring (bicyclic) bond motifs is 1. The number of ether oxygens (including phenoxy) is 1. The van der Waals surface area contributed by atoms with E-state index in [1.54, 1.807) is 23.1 Å². The lowest BCUT2D eigenvalue weighted by Crippen LogP contribution is -2.49. The third kappa shape index (κ3) is 4.39. The summed E-state index contributed by atoms with van der Waals surface area (Å²) in [5.74, 6) is 0.648. The summed E-state index contributed by atoms with van der Waals surface area (Å²) < 4.78 is 11.2. The van der Waals surface area contributed by atoms with E-state index in [0.717, 1.165) is 13.1 Å². The molecule has 0 bridgehead atoms. The first kappa shape index (κ1) is 17.5. The van der Waals surface area contributed by atoms with Crippen LogP contribution in [-0.2, 0) is 11.3 Å². The molecule has 1 aromatic carbocycles. The van der Waals surface area contributed by atoms with Gasteiger partial charge in [0.15, 0.2) is 5.43 Å². The maximum Gasteiger partial charge on any atom is 0.410 e. The Bertz CT molecular complexity index is 814. The predicted molar refractivity (Wildman–Crippen MR) is 95.6 cm³/mol. The van der Waals surface area contributed by atoms with E-state index in [1.165, 1.54) is 0 Å². The molecule has 6 nitrogen and oxygen atoms in total. The number of carbonyl (C=O) groups is 1. The quantitative estimate of drug-likeness (QED) is 0.838. The van der Waals surface area contributed by atoms with Gasteiger partial charge < -0.3 is 14.1 Å². The number of rotatable bonds is 2. The van der Waals surface area contributed by atoms with Crippen LogP contribution in [-0.4, -0.2) is 47.7 Å². The Kier molecular flexibility index (Phi) is 4.81. The lowest BCUT2D eigenvalue weighted by Gasteiger charge is -2.35. The van der Waals surface area contributed by atoms with Crippen LogP contribution < -0.4 is 5.43 Å². The molecular weight excluding hydrogens is 320 g/mol. The minimum atomic E-state index is -0.483. The van der Waals surface area contributed by atoms with E-state index < -0.39 is 5.60 Å². The van der Waals surface area contributed by atoms with Crippen molar-refractivity contribution in [2.75, 3.05) is 26.2 Å². The molecule has 1 amide bonds. The van der Waals surface area contributed by atoms with Gasteiger partial charge in [-0.2, -0.15) is 0 Å². The first-order valence-electron chi connectivity index (χ1n) is 8.54. The lowest BCUT2D eigenvalue weighted by molar-refractivity contribution is 0.0134. The molecule has 2 heterocycles. The van der Waals surface area contributed by atoms with Gasteiger partial charge in [-0.25, -0.2) is 4.79 Å². The highest BCUT2D eigenvalue weighted by Gasteiger charge is 2.26. The van der Waals surface area contributed by atoms with Gasteiger partial charge in [0.25, 0.3) is 0 Å². The summed E-state index contributed by atoms with van der Waals surface area (Å²) in [7, 11) is 0. The first-order valence-corrected chi connectivity index (χ1v) is 8.54. The molecule has 6 heteroatoms. The zero-order valence-electron chi connectivity index (χ0n) is 14.9. The molecule has 2 aromatic rings. The summed E-state index contributed by atoms with van der Waals surface area (Å²) in [4.78, 5) is 28.2. The molecule has 0 unspecified atom stereocenters. The molecule has 1 aliphatic rings. The Balaban J connectivity index is 1.61. The average Bonchev–Trinajstić information content (AvgIpc) is 2.54. The smallest absolute Gasteiger partial charge is 0.410 e. The van der Waals surface area contributed by atoms with Gasteiger partial charge in [0.2, 0.25) is 0 Å². The van der Waals surface area contributed by atoms with Gasteiger partial charge in [-0.3, -0.25) is 9.69 Å². The van der Waals surface area contributed by atoms with Crippen molar-refractivity contribution in [1.82, 2.24) is 9.80 Å². The molecule has 1 aromatic heterocycles. The second kappa shape index (κ2) is 6.88. The number of para-hydroxylation sites is 1. The van der Waals surface area contributed by atoms with Crippen LogP contribution in [0.1, 0.15) is 26.5 Å². The molecule has 0 atom stereocenters. The van der Waals surface area contributed by atoms with Crippen molar-refractivity contribution in [2.45, 2.75) is 32.9 Å².